The number of hydrogen-bond acceptors (Lipinski definition) is 3. The van der Waals surface area contributed by atoms with Crippen molar-refractivity contribution in [3.8, 4) is 5.75 Å². The normalized spacial score (nSPS) is 12.0. The third kappa shape index (κ3) is 6.78. The van der Waals surface area contributed by atoms with E-state index >= 15 is 0 Å². The maximum absolute atomic E-state index is 11.5. The zero-order valence-electron chi connectivity index (χ0n) is 12.0. The lowest BCUT2D eigenvalue weighted by Crippen LogP contribution is -2.26. The maximum atomic E-state index is 11.5. The summed E-state index contributed by atoms with van der Waals surface area (Å²) in [5.74, 6) is 0.753. The average molecular weight is 300 g/mol. The predicted molar refractivity (Wildman–Crippen MR) is 80.2 cm³/mol. The van der Waals surface area contributed by atoms with Gasteiger partial charge < -0.3 is 15.2 Å². The van der Waals surface area contributed by atoms with E-state index in [1.807, 2.05) is 19.1 Å². The Bertz CT molecular complexity index is 435. The highest BCUT2D eigenvalue weighted by Gasteiger charge is 2.03. The van der Waals surface area contributed by atoms with Crippen LogP contribution in [0.4, 0.5) is 0 Å². The van der Waals surface area contributed by atoms with Crippen molar-refractivity contribution in [2.75, 3.05) is 13.2 Å². The second kappa shape index (κ2) is 8.82. The zero-order chi connectivity index (χ0) is 15.0. The number of nitrogens with one attached hydrogen (secondary N) is 1. The summed E-state index contributed by atoms with van der Waals surface area (Å²) >= 11 is 5.93. The summed E-state index contributed by atoms with van der Waals surface area (Å²) in [6, 6.07) is 5.50. The Morgan fingerprint density at radius 2 is 2.25 bits per heavy atom. The molecular weight excluding hydrogens is 278 g/mol. The van der Waals surface area contributed by atoms with Gasteiger partial charge in [0.2, 0.25) is 5.91 Å². The number of aryl methyl sites for hydroxylation is 1. The van der Waals surface area contributed by atoms with Crippen molar-refractivity contribution >= 4 is 17.5 Å². The second-order valence-corrected chi connectivity index (χ2v) is 5.26. The van der Waals surface area contributed by atoms with Gasteiger partial charge in [-0.2, -0.15) is 0 Å². The molecule has 1 amide bonds. The number of rotatable bonds is 8. The van der Waals surface area contributed by atoms with E-state index in [1.54, 1.807) is 13.0 Å². The molecule has 0 aliphatic carbocycles. The van der Waals surface area contributed by atoms with Crippen LogP contribution in [0, 0.1) is 6.92 Å². The van der Waals surface area contributed by atoms with Gasteiger partial charge in [-0.05, 0) is 50.5 Å². The summed E-state index contributed by atoms with van der Waals surface area (Å²) in [4.78, 5) is 11.5. The van der Waals surface area contributed by atoms with Gasteiger partial charge in [0.1, 0.15) is 5.75 Å². The summed E-state index contributed by atoms with van der Waals surface area (Å²) in [6.07, 6.45) is 1.27. The van der Waals surface area contributed by atoms with Crippen LogP contribution in [0.5, 0.6) is 5.75 Å². The number of amides is 1. The lowest BCUT2D eigenvalue weighted by molar-refractivity contribution is -0.121. The van der Waals surface area contributed by atoms with Crippen LogP contribution in [0.3, 0.4) is 0 Å². The van der Waals surface area contributed by atoms with E-state index in [1.165, 1.54) is 0 Å². The van der Waals surface area contributed by atoms with E-state index in [0.717, 1.165) is 16.3 Å². The first kappa shape index (κ1) is 16.8. The Balaban J connectivity index is 2.15. The van der Waals surface area contributed by atoms with Crippen molar-refractivity contribution in [3.63, 3.8) is 0 Å². The summed E-state index contributed by atoms with van der Waals surface area (Å²) < 4.78 is 5.56. The highest BCUT2D eigenvalue weighted by Crippen LogP contribution is 2.21. The predicted octanol–water partition coefficient (Wildman–Crippen LogP) is 2.69. The first-order valence-corrected chi connectivity index (χ1v) is 7.20. The fraction of sp³-hybridized carbons (Fsp3) is 0.533. The summed E-state index contributed by atoms with van der Waals surface area (Å²) in [6.45, 7) is 4.62. The fourth-order valence-corrected chi connectivity index (χ4v) is 1.76. The Kier molecular flexibility index (Phi) is 7.41. The fourth-order valence-electron chi connectivity index (χ4n) is 1.64. The van der Waals surface area contributed by atoms with Gasteiger partial charge in [0.25, 0.3) is 0 Å². The van der Waals surface area contributed by atoms with Gasteiger partial charge in [-0.1, -0.05) is 11.6 Å². The zero-order valence-corrected chi connectivity index (χ0v) is 12.7. The molecule has 1 rings (SSSR count). The summed E-state index contributed by atoms with van der Waals surface area (Å²) in [5.41, 5.74) is 0.972. The summed E-state index contributed by atoms with van der Waals surface area (Å²) in [5, 5.41) is 12.5. The molecule has 4 nitrogen and oxygen atoms in total. The number of ether oxygens (including phenoxy) is 1. The molecule has 1 unspecified atom stereocenters. The van der Waals surface area contributed by atoms with Crippen molar-refractivity contribution in [1.29, 1.82) is 0 Å². The van der Waals surface area contributed by atoms with Gasteiger partial charge >= 0.3 is 0 Å². The number of hydrogen-bond donors (Lipinski definition) is 2. The van der Waals surface area contributed by atoms with E-state index in [9.17, 15) is 4.79 Å². The van der Waals surface area contributed by atoms with Crippen molar-refractivity contribution in [2.24, 2.45) is 0 Å². The molecule has 2 N–H and O–H groups in total. The van der Waals surface area contributed by atoms with Crippen molar-refractivity contribution < 1.29 is 14.6 Å². The van der Waals surface area contributed by atoms with Crippen LogP contribution in [-0.2, 0) is 4.79 Å². The van der Waals surface area contributed by atoms with E-state index in [4.69, 9.17) is 21.4 Å². The number of aliphatic hydroxyl groups excluding tert-OH is 1. The van der Waals surface area contributed by atoms with Gasteiger partial charge in [0.05, 0.1) is 12.7 Å². The van der Waals surface area contributed by atoms with Crippen LogP contribution in [0.2, 0.25) is 5.02 Å². The van der Waals surface area contributed by atoms with Crippen LogP contribution >= 0.6 is 11.6 Å². The minimum absolute atomic E-state index is 0.0125. The molecule has 1 aromatic carbocycles. The minimum atomic E-state index is -0.383. The van der Waals surface area contributed by atoms with Crippen LogP contribution in [0.1, 0.15) is 31.7 Å². The molecular formula is C15H22ClNO3. The molecule has 20 heavy (non-hydrogen) atoms. The number of carbonyl (C=O) groups is 1. The molecule has 0 spiro atoms. The number of halogens is 1. The molecule has 0 heterocycles. The molecule has 0 saturated carbocycles. The second-order valence-electron chi connectivity index (χ2n) is 4.85. The van der Waals surface area contributed by atoms with Crippen LogP contribution < -0.4 is 10.1 Å². The molecule has 0 radical (unpaired) electrons. The number of aliphatic hydroxyl groups is 1. The quantitative estimate of drug-likeness (QED) is 0.726. The molecule has 0 aliphatic rings. The Morgan fingerprint density at radius 3 is 2.90 bits per heavy atom. The average Bonchev–Trinajstić information content (AvgIpc) is 2.38. The molecule has 1 atom stereocenters. The summed E-state index contributed by atoms with van der Waals surface area (Å²) in [7, 11) is 0. The molecule has 0 aliphatic heterocycles. The molecule has 0 bridgehead atoms. The van der Waals surface area contributed by atoms with E-state index in [2.05, 4.69) is 5.32 Å². The van der Waals surface area contributed by atoms with Gasteiger partial charge in [0.15, 0.2) is 0 Å². The lowest BCUT2D eigenvalue weighted by Gasteiger charge is -2.09. The molecule has 0 fully saturated rings. The number of benzene rings is 1. The van der Waals surface area contributed by atoms with Crippen LogP contribution in [-0.4, -0.2) is 30.3 Å². The SMILES string of the molecule is Cc1cc(OCCCC(=O)NCCC(C)O)ccc1Cl. The van der Waals surface area contributed by atoms with Gasteiger partial charge in [-0.25, -0.2) is 0 Å². The highest BCUT2D eigenvalue weighted by molar-refractivity contribution is 6.31. The molecule has 5 heteroatoms. The molecule has 112 valence electrons. The molecule has 0 saturated heterocycles. The van der Waals surface area contributed by atoms with E-state index < -0.39 is 0 Å². The van der Waals surface area contributed by atoms with E-state index in [-0.39, 0.29) is 12.0 Å². The van der Waals surface area contributed by atoms with Gasteiger partial charge in [-0.3, -0.25) is 4.79 Å². The van der Waals surface area contributed by atoms with Gasteiger partial charge in [-0.15, -0.1) is 0 Å². The third-order valence-corrected chi connectivity index (χ3v) is 3.25. The first-order chi connectivity index (χ1) is 9.49. The molecule has 1 aromatic rings. The first-order valence-electron chi connectivity index (χ1n) is 6.82. The highest BCUT2D eigenvalue weighted by atomic mass is 35.5. The largest absolute Gasteiger partial charge is 0.494 e. The van der Waals surface area contributed by atoms with Gasteiger partial charge in [0, 0.05) is 18.0 Å². The minimum Gasteiger partial charge on any atom is -0.494 e. The smallest absolute Gasteiger partial charge is 0.220 e. The Labute approximate surface area is 125 Å². The Hall–Kier alpha value is -1.26. The third-order valence-electron chi connectivity index (χ3n) is 2.83. The van der Waals surface area contributed by atoms with Crippen LogP contribution in [0.15, 0.2) is 18.2 Å². The van der Waals surface area contributed by atoms with Crippen molar-refractivity contribution in [3.05, 3.63) is 28.8 Å². The van der Waals surface area contributed by atoms with Crippen molar-refractivity contribution in [2.45, 2.75) is 39.2 Å². The van der Waals surface area contributed by atoms with Crippen molar-refractivity contribution in [1.82, 2.24) is 5.32 Å². The van der Waals surface area contributed by atoms with E-state index in [0.29, 0.717) is 32.4 Å². The number of carbonyl (C=O) groups excluding carboxylic acids is 1. The maximum Gasteiger partial charge on any atom is 0.220 e. The van der Waals surface area contributed by atoms with Crippen LogP contribution in [0.25, 0.3) is 0 Å². The Morgan fingerprint density at radius 1 is 1.50 bits per heavy atom. The standard InChI is InChI=1S/C15H22ClNO3/c1-11-10-13(5-6-14(11)16)20-9-3-4-15(19)17-8-7-12(2)18/h5-6,10,12,18H,3-4,7-9H2,1-2H3,(H,17,19). The molecule has 0 aromatic heterocycles. The lowest BCUT2D eigenvalue weighted by atomic mass is 10.2. The monoisotopic (exact) mass is 299 g/mol. The topological polar surface area (TPSA) is 58.6 Å².